The molecule has 1 aromatic heterocycles. The Balaban J connectivity index is 1.94. The van der Waals surface area contributed by atoms with Crippen molar-refractivity contribution in [2.24, 2.45) is 5.73 Å². The Bertz CT molecular complexity index is 386. The van der Waals surface area contributed by atoms with Gasteiger partial charge in [-0.3, -0.25) is 4.79 Å². The number of hydrogen-bond donors (Lipinski definition) is 1. The molecule has 0 amide bonds. The van der Waals surface area contributed by atoms with E-state index in [1.54, 1.807) is 0 Å². The van der Waals surface area contributed by atoms with Crippen LogP contribution in [-0.2, 0) is 26.2 Å². The molecule has 1 aliphatic heterocycles. The smallest absolute Gasteiger partial charge is 0.306 e. The van der Waals surface area contributed by atoms with Crippen molar-refractivity contribution in [1.82, 2.24) is 10.1 Å². The van der Waals surface area contributed by atoms with Gasteiger partial charge in [0.25, 0.3) is 0 Å². The molecule has 0 unspecified atom stereocenters. The van der Waals surface area contributed by atoms with E-state index in [9.17, 15) is 4.79 Å². The molecule has 2 N–H and O–H groups in total. The molecule has 1 saturated heterocycles. The Morgan fingerprint density at radius 2 is 2.38 bits per heavy atom. The first-order valence-corrected chi connectivity index (χ1v) is 4.90. The van der Waals surface area contributed by atoms with Crippen LogP contribution < -0.4 is 5.73 Å². The second-order valence-corrected chi connectivity index (χ2v) is 3.74. The Hall–Kier alpha value is -1.47. The zero-order valence-corrected chi connectivity index (χ0v) is 8.93. The maximum absolute atomic E-state index is 10.9. The number of carbonyl (C=O) groups excluding carboxylic acids is 1. The second-order valence-electron chi connectivity index (χ2n) is 3.74. The van der Waals surface area contributed by atoms with Crippen LogP contribution in [0, 0.1) is 0 Å². The highest BCUT2D eigenvalue weighted by atomic mass is 16.5. The zero-order valence-electron chi connectivity index (χ0n) is 8.93. The number of rotatable bonds is 4. The van der Waals surface area contributed by atoms with Gasteiger partial charge in [-0.2, -0.15) is 4.98 Å². The Morgan fingerprint density at radius 3 is 2.94 bits per heavy atom. The Morgan fingerprint density at radius 1 is 1.62 bits per heavy atom. The summed E-state index contributed by atoms with van der Waals surface area (Å²) in [7, 11) is 1.34. The predicted octanol–water partition coefficient (Wildman–Crippen LogP) is -0.641. The first-order chi connectivity index (χ1) is 7.64. The molecule has 1 aliphatic rings. The fourth-order valence-electron chi connectivity index (χ4n) is 1.32. The van der Waals surface area contributed by atoms with Crippen LogP contribution in [0.15, 0.2) is 4.52 Å². The summed E-state index contributed by atoms with van der Waals surface area (Å²) in [5, 5.41) is 3.77. The number of nitrogens with two attached hydrogens (primary N) is 1. The number of nitrogens with zero attached hydrogens (tertiary/aromatic N) is 2. The van der Waals surface area contributed by atoms with E-state index in [-0.39, 0.29) is 12.4 Å². The molecule has 1 fully saturated rings. The molecule has 0 atom stereocenters. The van der Waals surface area contributed by atoms with Gasteiger partial charge in [-0.1, -0.05) is 5.16 Å². The van der Waals surface area contributed by atoms with Gasteiger partial charge < -0.3 is 19.7 Å². The van der Waals surface area contributed by atoms with Crippen molar-refractivity contribution < 1.29 is 18.8 Å². The molecule has 0 radical (unpaired) electrons. The largest absolute Gasteiger partial charge is 0.469 e. The van der Waals surface area contributed by atoms with E-state index in [2.05, 4.69) is 14.9 Å². The van der Waals surface area contributed by atoms with E-state index >= 15 is 0 Å². The average molecular weight is 227 g/mol. The van der Waals surface area contributed by atoms with Gasteiger partial charge in [-0.05, 0) is 0 Å². The molecule has 0 bridgehead atoms. The van der Waals surface area contributed by atoms with E-state index in [0.717, 1.165) is 0 Å². The SMILES string of the molecule is COC(=O)CCc1nc(C2(N)COC2)no1. The van der Waals surface area contributed by atoms with Crippen LogP contribution in [0.2, 0.25) is 0 Å². The molecule has 2 heterocycles. The molecule has 88 valence electrons. The van der Waals surface area contributed by atoms with Crippen LogP contribution in [-0.4, -0.2) is 36.4 Å². The summed E-state index contributed by atoms with van der Waals surface area (Å²) in [5.74, 6) is 0.505. The molecule has 0 aliphatic carbocycles. The van der Waals surface area contributed by atoms with Crippen molar-refractivity contribution in [3.8, 4) is 0 Å². The van der Waals surface area contributed by atoms with Crippen LogP contribution in [0.1, 0.15) is 18.1 Å². The molecule has 2 rings (SSSR count). The average Bonchev–Trinajstić information content (AvgIpc) is 2.71. The highest BCUT2D eigenvalue weighted by molar-refractivity contribution is 5.69. The third kappa shape index (κ3) is 2.05. The van der Waals surface area contributed by atoms with Gasteiger partial charge in [0.1, 0.15) is 5.54 Å². The van der Waals surface area contributed by atoms with Crippen LogP contribution in [0.5, 0.6) is 0 Å². The van der Waals surface area contributed by atoms with Crippen molar-refractivity contribution in [3.05, 3.63) is 11.7 Å². The lowest BCUT2D eigenvalue weighted by Crippen LogP contribution is -2.55. The quantitative estimate of drug-likeness (QED) is 0.682. The van der Waals surface area contributed by atoms with E-state index in [0.29, 0.717) is 31.3 Å². The molecule has 0 saturated carbocycles. The molecule has 0 spiro atoms. The molecule has 1 aromatic rings. The maximum atomic E-state index is 10.9. The molecule has 7 nitrogen and oxygen atoms in total. The minimum atomic E-state index is -0.632. The number of esters is 1. The summed E-state index contributed by atoms with van der Waals surface area (Å²) in [5.41, 5.74) is 5.29. The van der Waals surface area contributed by atoms with Gasteiger partial charge in [0.05, 0.1) is 26.7 Å². The normalized spacial score (nSPS) is 17.9. The molecular weight excluding hydrogens is 214 g/mol. The van der Waals surface area contributed by atoms with Gasteiger partial charge in [0, 0.05) is 6.42 Å². The number of hydrogen-bond acceptors (Lipinski definition) is 7. The molecular formula is C9H13N3O4. The molecule has 16 heavy (non-hydrogen) atoms. The predicted molar refractivity (Wildman–Crippen MR) is 51.3 cm³/mol. The topological polar surface area (TPSA) is 100 Å². The van der Waals surface area contributed by atoms with E-state index < -0.39 is 5.54 Å². The van der Waals surface area contributed by atoms with Crippen LogP contribution in [0.4, 0.5) is 0 Å². The number of aromatic nitrogens is 2. The molecule has 0 aromatic carbocycles. The van der Waals surface area contributed by atoms with Crippen LogP contribution >= 0.6 is 0 Å². The highest BCUT2D eigenvalue weighted by Gasteiger charge is 2.40. The van der Waals surface area contributed by atoms with Crippen molar-refractivity contribution in [2.75, 3.05) is 20.3 Å². The van der Waals surface area contributed by atoms with Crippen molar-refractivity contribution in [2.45, 2.75) is 18.4 Å². The summed E-state index contributed by atoms with van der Waals surface area (Å²) < 4.78 is 14.5. The maximum Gasteiger partial charge on any atom is 0.306 e. The summed E-state index contributed by atoms with van der Waals surface area (Å²) in [6.07, 6.45) is 0.572. The second kappa shape index (κ2) is 4.18. The first kappa shape index (κ1) is 11.0. The fourth-order valence-corrected chi connectivity index (χ4v) is 1.32. The van der Waals surface area contributed by atoms with Gasteiger partial charge in [-0.25, -0.2) is 0 Å². The van der Waals surface area contributed by atoms with Gasteiger partial charge in [0.2, 0.25) is 5.89 Å². The van der Waals surface area contributed by atoms with Crippen molar-refractivity contribution >= 4 is 5.97 Å². The van der Waals surface area contributed by atoms with Gasteiger partial charge >= 0.3 is 5.97 Å². The fraction of sp³-hybridized carbons (Fsp3) is 0.667. The van der Waals surface area contributed by atoms with Crippen LogP contribution in [0.25, 0.3) is 0 Å². The summed E-state index contributed by atoms with van der Waals surface area (Å²) in [6.45, 7) is 0.784. The van der Waals surface area contributed by atoms with E-state index in [1.807, 2.05) is 0 Å². The lowest BCUT2D eigenvalue weighted by atomic mass is 9.99. The van der Waals surface area contributed by atoms with Gasteiger partial charge in [0.15, 0.2) is 5.82 Å². The minimum Gasteiger partial charge on any atom is -0.469 e. The number of carbonyl (C=O) groups is 1. The number of methoxy groups -OCH3 is 1. The van der Waals surface area contributed by atoms with Crippen LogP contribution in [0.3, 0.4) is 0 Å². The summed E-state index contributed by atoms with van der Waals surface area (Å²) in [4.78, 5) is 15.0. The monoisotopic (exact) mass is 227 g/mol. The van der Waals surface area contributed by atoms with Crippen molar-refractivity contribution in [3.63, 3.8) is 0 Å². The third-order valence-corrected chi connectivity index (χ3v) is 2.40. The first-order valence-electron chi connectivity index (χ1n) is 4.90. The zero-order chi connectivity index (χ0) is 11.6. The summed E-state index contributed by atoms with van der Waals surface area (Å²) in [6, 6.07) is 0. The Kier molecular flexibility index (Phi) is 2.88. The minimum absolute atomic E-state index is 0.214. The number of ether oxygens (including phenoxy) is 2. The summed E-state index contributed by atoms with van der Waals surface area (Å²) >= 11 is 0. The Labute approximate surface area is 91.9 Å². The third-order valence-electron chi connectivity index (χ3n) is 2.40. The number of aryl methyl sites for hydroxylation is 1. The standard InChI is InChI=1S/C9H13N3O4/c1-14-7(13)3-2-6-11-8(12-16-6)9(10)4-15-5-9/h2-5,10H2,1H3. The lowest BCUT2D eigenvalue weighted by molar-refractivity contribution is -0.140. The molecule has 7 heteroatoms. The van der Waals surface area contributed by atoms with Gasteiger partial charge in [-0.15, -0.1) is 0 Å². The van der Waals surface area contributed by atoms with Crippen molar-refractivity contribution in [1.29, 1.82) is 0 Å². The lowest BCUT2D eigenvalue weighted by Gasteiger charge is -2.34. The highest BCUT2D eigenvalue weighted by Crippen LogP contribution is 2.23. The van der Waals surface area contributed by atoms with E-state index in [1.165, 1.54) is 7.11 Å². The van der Waals surface area contributed by atoms with E-state index in [4.69, 9.17) is 15.0 Å².